The molecule has 0 aliphatic carbocycles. The minimum Gasteiger partial charge on any atom is -0.392 e. The summed E-state index contributed by atoms with van der Waals surface area (Å²) in [7, 11) is 0. The van der Waals surface area contributed by atoms with E-state index in [1.165, 1.54) is 0 Å². The first-order chi connectivity index (χ1) is 7.74. The number of carbonyl (C=O) groups excluding carboxylic acids is 1. The van der Waals surface area contributed by atoms with Gasteiger partial charge < -0.3 is 15.2 Å². The highest BCUT2D eigenvalue weighted by atomic mass is 16.5. The molecule has 1 atom stereocenters. The van der Waals surface area contributed by atoms with Gasteiger partial charge in [0.05, 0.1) is 12.6 Å². The van der Waals surface area contributed by atoms with E-state index in [-0.39, 0.29) is 18.1 Å². The second-order valence-corrected chi connectivity index (χ2v) is 4.63. The predicted molar refractivity (Wildman–Crippen MR) is 59.0 cm³/mol. The number of likely N-dealkylation sites (tertiary alicyclic amines) is 1. The highest BCUT2D eigenvalue weighted by Crippen LogP contribution is 2.09. The van der Waals surface area contributed by atoms with E-state index in [0.29, 0.717) is 13.1 Å². The Balaban J connectivity index is 1.67. The van der Waals surface area contributed by atoms with E-state index in [0.717, 1.165) is 39.0 Å². The number of β-amino-alcohol motifs (C(OH)–C–C–N with tert-alkyl or cyclic N) is 1. The van der Waals surface area contributed by atoms with Gasteiger partial charge in [0.25, 0.3) is 0 Å². The number of hydrogen-bond acceptors (Lipinski definition) is 4. The van der Waals surface area contributed by atoms with Crippen LogP contribution in [0.1, 0.15) is 19.3 Å². The van der Waals surface area contributed by atoms with Crippen LogP contribution in [0.25, 0.3) is 0 Å². The number of rotatable bonds is 3. The van der Waals surface area contributed by atoms with Gasteiger partial charge in [-0.2, -0.15) is 0 Å². The van der Waals surface area contributed by atoms with Crippen LogP contribution in [0.2, 0.25) is 0 Å². The lowest BCUT2D eigenvalue weighted by Gasteiger charge is -2.24. The molecule has 1 unspecified atom stereocenters. The second kappa shape index (κ2) is 5.61. The van der Waals surface area contributed by atoms with E-state index in [9.17, 15) is 9.90 Å². The van der Waals surface area contributed by atoms with Crippen molar-refractivity contribution in [2.24, 2.45) is 0 Å². The number of hydrogen-bond donors (Lipinski definition) is 2. The first kappa shape index (κ1) is 11.8. The standard InChI is InChI=1S/C11H20N2O3/c14-10-1-4-13(7-10)8-11(15)12-9-2-5-16-6-3-9/h9-10,14H,1-8H2,(H,12,15). The molecule has 0 radical (unpaired) electrons. The second-order valence-electron chi connectivity index (χ2n) is 4.63. The van der Waals surface area contributed by atoms with Crippen LogP contribution in [0.5, 0.6) is 0 Å². The van der Waals surface area contributed by atoms with Crippen molar-refractivity contribution in [1.82, 2.24) is 10.2 Å². The SMILES string of the molecule is O=C(CN1CCC(O)C1)NC1CCOCC1. The molecule has 2 saturated heterocycles. The lowest BCUT2D eigenvalue weighted by atomic mass is 10.1. The zero-order chi connectivity index (χ0) is 11.4. The molecule has 5 nitrogen and oxygen atoms in total. The smallest absolute Gasteiger partial charge is 0.234 e. The Hall–Kier alpha value is -0.650. The normalized spacial score (nSPS) is 28.2. The van der Waals surface area contributed by atoms with Crippen molar-refractivity contribution in [2.75, 3.05) is 32.8 Å². The largest absolute Gasteiger partial charge is 0.392 e. The maximum atomic E-state index is 11.7. The summed E-state index contributed by atoms with van der Waals surface area (Å²) in [5.74, 6) is 0.0704. The zero-order valence-electron chi connectivity index (χ0n) is 9.52. The van der Waals surface area contributed by atoms with Crippen LogP contribution in [-0.2, 0) is 9.53 Å². The Kier molecular flexibility index (Phi) is 4.15. The van der Waals surface area contributed by atoms with Crippen molar-refractivity contribution in [3.05, 3.63) is 0 Å². The van der Waals surface area contributed by atoms with Crippen LogP contribution >= 0.6 is 0 Å². The minimum absolute atomic E-state index is 0.0704. The fourth-order valence-corrected chi connectivity index (χ4v) is 2.27. The van der Waals surface area contributed by atoms with E-state index >= 15 is 0 Å². The third-order valence-electron chi connectivity index (χ3n) is 3.20. The van der Waals surface area contributed by atoms with Crippen LogP contribution < -0.4 is 5.32 Å². The molecule has 2 fully saturated rings. The molecule has 0 aromatic rings. The lowest BCUT2D eigenvalue weighted by molar-refractivity contribution is -0.123. The average molecular weight is 228 g/mol. The number of nitrogens with zero attached hydrogens (tertiary/aromatic N) is 1. The van der Waals surface area contributed by atoms with E-state index in [2.05, 4.69) is 5.32 Å². The van der Waals surface area contributed by atoms with Crippen molar-refractivity contribution in [3.8, 4) is 0 Å². The first-order valence-electron chi connectivity index (χ1n) is 6.01. The summed E-state index contributed by atoms with van der Waals surface area (Å²) in [6.45, 7) is 3.35. The van der Waals surface area contributed by atoms with Crippen molar-refractivity contribution in [2.45, 2.75) is 31.4 Å². The predicted octanol–water partition coefficient (Wildman–Crippen LogP) is -0.652. The van der Waals surface area contributed by atoms with Crippen LogP contribution in [-0.4, -0.2) is 60.9 Å². The van der Waals surface area contributed by atoms with Gasteiger partial charge >= 0.3 is 0 Å². The molecule has 2 rings (SSSR count). The van der Waals surface area contributed by atoms with Gasteiger partial charge in [0, 0.05) is 32.3 Å². The molecule has 0 aromatic heterocycles. The number of amides is 1. The summed E-state index contributed by atoms with van der Waals surface area (Å²) in [5.41, 5.74) is 0. The summed E-state index contributed by atoms with van der Waals surface area (Å²) in [6.07, 6.45) is 2.35. The highest BCUT2D eigenvalue weighted by Gasteiger charge is 2.23. The van der Waals surface area contributed by atoms with Crippen LogP contribution in [0, 0.1) is 0 Å². The summed E-state index contributed by atoms with van der Waals surface area (Å²) in [5, 5.41) is 12.4. The van der Waals surface area contributed by atoms with Crippen LogP contribution in [0.3, 0.4) is 0 Å². The number of nitrogens with one attached hydrogen (secondary N) is 1. The molecule has 1 amide bonds. The number of carbonyl (C=O) groups is 1. The summed E-state index contributed by atoms with van der Waals surface area (Å²) >= 11 is 0. The molecule has 0 saturated carbocycles. The number of aliphatic hydroxyl groups is 1. The Morgan fingerprint density at radius 3 is 2.75 bits per heavy atom. The third kappa shape index (κ3) is 3.43. The van der Waals surface area contributed by atoms with Gasteiger partial charge in [0.1, 0.15) is 0 Å². The van der Waals surface area contributed by atoms with Crippen molar-refractivity contribution in [1.29, 1.82) is 0 Å². The van der Waals surface area contributed by atoms with E-state index in [4.69, 9.17) is 4.74 Å². The van der Waals surface area contributed by atoms with Gasteiger partial charge in [-0.15, -0.1) is 0 Å². The monoisotopic (exact) mass is 228 g/mol. The molecule has 0 spiro atoms. The summed E-state index contributed by atoms with van der Waals surface area (Å²) in [6, 6.07) is 0.272. The molecule has 92 valence electrons. The summed E-state index contributed by atoms with van der Waals surface area (Å²) < 4.78 is 5.23. The van der Waals surface area contributed by atoms with Gasteiger partial charge in [0.2, 0.25) is 5.91 Å². The maximum Gasteiger partial charge on any atom is 0.234 e. The molecule has 2 aliphatic rings. The van der Waals surface area contributed by atoms with Crippen LogP contribution in [0.15, 0.2) is 0 Å². The molecule has 5 heteroatoms. The Labute approximate surface area is 95.8 Å². The molecule has 2 aliphatic heterocycles. The molecular formula is C11H20N2O3. The Bertz CT molecular complexity index is 233. The van der Waals surface area contributed by atoms with E-state index < -0.39 is 0 Å². The van der Waals surface area contributed by atoms with Gasteiger partial charge in [-0.25, -0.2) is 0 Å². The van der Waals surface area contributed by atoms with E-state index in [1.807, 2.05) is 4.90 Å². The molecule has 0 aromatic carbocycles. The Morgan fingerprint density at radius 2 is 2.12 bits per heavy atom. The number of ether oxygens (including phenoxy) is 1. The van der Waals surface area contributed by atoms with Crippen LogP contribution in [0.4, 0.5) is 0 Å². The Morgan fingerprint density at radius 1 is 1.38 bits per heavy atom. The van der Waals surface area contributed by atoms with Gasteiger partial charge in [0.15, 0.2) is 0 Å². The first-order valence-corrected chi connectivity index (χ1v) is 6.01. The van der Waals surface area contributed by atoms with Gasteiger partial charge in [-0.05, 0) is 19.3 Å². The zero-order valence-corrected chi connectivity index (χ0v) is 9.52. The number of aliphatic hydroxyl groups excluding tert-OH is 1. The molecular weight excluding hydrogens is 208 g/mol. The molecule has 2 N–H and O–H groups in total. The molecule has 2 heterocycles. The summed E-state index contributed by atoms with van der Waals surface area (Å²) in [4.78, 5) is 13.7. The van der Waals surface area contributed by atoms with Crippen molar-refractivity contribution < 1.29 is 14.6 Å². The fourth-order valence-electron chi connectivity index (χ4n) is 2.27. The van der Waals surface area contributed by atoms with Crippen molar-refractivity contribution in [3.63, 3.8) is 0 Å². The minimum atomic E-state index is -0.254. The maximum absolute atomic E-state index is 11.7. The molecule has 16 heavy (non-hydrogen) atoms. The van der Waals surface area contributed by atoms with Crippen molar-refractivity contribution >= 4 is 5.91 Å². The van der Waals surface area contributed by atoms with Gasteiger partial charge in [-0.1, -0.05) is 0 Å². The highest BCUT2D eigenvalue weighted by molar-refractivity contribution is 5.78. The average Bonchev–Trinajstić information content (AvgIpc) is 2.65. The fraction of sp³-hybridized carbons (Fsp3) is 0.909. The lowest BCUT2D eigenvalue weighted by Crippen LogP contribution is -2.43. The third-order valence-corrected chi connectivity index (χ3v) is 3.20. The topological polar surface area (TPSA) is 61.8 Å². The quantitative estimate of drug-likeness (QED) is 0.674. The van der Waals surface area contributed by atoms with Gasteiger partial charge in [-0.3, -0.25) is 9.69 Å². The van der Waals surface area contributed by atoms with E-state index in [1.54, 1.807) is 0 Å². The molecule has 0 bridgehead atoms.